The predicted octanol–water partition coefficient (Wildman–Crippen LogP) is 3.80. The Balaban J connectivity index is 1.36. The summed E-state index contributed by atoms with van der Waals surface area (Å²) in [6.45, 7) is 2.55. The molecular weight excluding hydrogens is 444 g/mol. The summed E-state index contributed by atoms with van der Waals surface area (Å²) >= 11 is 0. The minimum absolute atomic E-state index is 0.0851. The second-order valence-electron chi connectivity index (χ2n) is 8.47. The molecule has 35 heavy (non-hydrogen) atoms. The number of furan rings is 1. The lowest BCUT2D eigenvalue weighted by Crippen LogP contribution is -2.38. The van der Waals surface area contributed by atoms with Gasteiger partial charge in [-0.25, -0.2) is 9.78 Å². The number of methoxy groups -OCH3 is 1. The number of hydrogen-bond acceptors (Lipinski definition) is 6. The maximum atomic E-state index is 13.0. The third kappa shape index (κ3) is 4.88. The summed E-state index contributed by atoms with van der Waals surface area (Å²) in [4.78, 5) is 31.9. The maximum Gasteiger partial charge on any atom is 0.337 e. The van der Waals surface area contributed by atoms with E-state index >= 15 is 0 Å². The van der Waals surface area contributed by atoms with E-state index in [9.17, 15) is 9.59 Å². The number of nitrogens with one attached hydrogen (secondary N) is 1. The number of hydrogen-bond donors (Lipinski definition) is 1. The number of carbonyl (C=O) groups excluding carboxylic acids is 2. The van der Waals surface area contributed by atoms with Gasteiger partial charge in [0.2, 0.25) is 0 Å². The average Bonchev–Trinajstić information content (AvgIpc) is 3.57. The molecule has 1 amide bonds. The third-order valence-electron chi connectivity index (χ3n) is 6.16. The van der Waals surface area contributed by atoms with E-state index in [0.29, 0.717) is 11.3 Å². The molecule has 0 saturated carbocycles. The minimum atomic E-state index is -0.410. The number of rotatable bonds is 7. The summed E-state index contributed by atoms with van der Waals surface area (Å²) in [6.07, 6.45) is 5.26. The number of nitrogens with zero attached hydrogens (tertiary/aromatic N) is 3. The molecule has 4 aromatic rings. The van der Waals surface area contributed by atoms with Crippen molar-refractivity contribution >= 4 is 11.9 Å². The largest absolute Gasteiger partial charge is 0.472 e. The van der Waals surface area contributed by atoms with Crippen molar-refractivity contribution in [3.05, 3.63) is 113 Å². The molecule has 0 saturated heterocycles. The maximum absolute atomic E-state index is 13.0. The molecule has 178 valence electrons. The van der Waals surface area contributed by atoms with E-state index < -0.39 is 5.97 Å². The van der Waals surface area contributed by atoms with Gasteiger partial charge in [-0.2, -0.15) is 0 Å². The van der Waals surface area contributed by atoms with Gasteiger partial charge in [-0.05, 0) is 29.3 Å². The van der Waals surface area contributed by atoms with Crippen molar-refractivity contribution in [2.75, 3.05) is 13.7 Å². The molecule has 0 aliphatic carbocycles. The quantitative estimate of drug-likeness (QED) is 0.413. The first kappa shape index (κ1) is 22.6. The summed E-state index contributed by atoms with van der Waals surface area (Å²) in [5, 5.41) is 2.92. The van der Waals surface area contributed by atoms with Crippen molar-refractivity contribution in [3.8, 4) is 0 Å². The number of amides is 1. The van der Waals surface area contributed by atoms with Crippen LogP contribution in [0.2, 0.25) is 0 Å². The lowest BCUT2D eigenvalue weighted by atomic mass is 10.0. The van der Waals surface area contributed by atoms with Crippen LogP contribution in [0.3, 0.4) is 0 Å². The molecule has 0 bridgehead atoms. The standard InChI is InChI=1S/C27H26N4O4/c1-34-27(33)22-9-5-6-19(14-22)15-28-26(32)23-17-31-12-11-30(16-20-10-13-35-18-20)24(25(31)29-23)21-7-3-2-4-8-21/h2-10,13-14,17-18,24H,11-12,15-16H2,1H3,(H,28,32). The normalized spacial score (nSPS) is 15.4. The van der Waals surface area contributed by atoms with Crippen LogP contribution in [-0.4, -0.2) is 40.0 Å². The first-order chi connectivity index (χ1) is 17.1. The van der Waals surface area contributed by atoms with Crippen LogP contribution >= 0.6 is 0 Å². The van der Waals surface area contributed by atoms with Crippen molar-refractivity contribution < 1.29 is 18.7 Å². The average molecular weight is 471 g/mol. The molecule has 1 N–H and O–H groups in total. The highest BCUT2D eigenvalue weighted by Crippen LogP contribution is 2.32. The molecule has 3 heterocycles. The number of aromatic nitrogens is 2. The van der Waals surface area contributed by atoms with E-state index in [1.165, 1.54) is 7.11 Å². The molecule has 8 heteroatoms. The molecule has 0 fully saturated rings. The summed E-state index contributed by atoms with van der Waals surface area (Å²) in [6, 6.07) is 19.1. The fraction of sp³-hybridized carbons (Fsp3) is 0.222. The highest BCUT2D eigenvalue weighted by atomic mass is 16.5. The summed E-state index contributed by atoms with van der Waals surface area (Å²) in [5.41, 5.74) is 3.83. The number of fused-ring (bicyclic) bond motifs is 1. The van der Waals surface area contributed by atoms with Gasteiger partial charge in [0.1, 0.15) is 11.5 Å². The number of benzene rings is 2. The van der Waals surface area contributed by atoms with Gasteiger partial charge in [0.25, 0.3) is 5.91 Å². The summed E-state index contributed by atoms with van der Waals surface area (Å²) in [7, 11) is 1.34. The van der Waals surface area contributed by atoms with Crippen LogP contribution in [0.4, 0.5) is 0 Å². The summed E-state index contributed by atoms with van der Waals surface area (Å²) in [5.74, 6) is 0.166. The smallest absolute Gasteiger partial charge is 0.337 e. The van der Waals surface area contributed by atoms with Gasteiger partial charge in [-0.3, -0.25) is 9.69 Å². The first-order valence-electron chi connectivity index (χ1n) is 11.4. The molecule has 5 rings (SSSR count). The minimum Gasteiger partial charge on any atom is -0.472 e. The SMILES string of the molecule is COC(=O)c1cccc(CNC(=O)c2cn3c(n2)C(c2ccccc2)N(Cc2ccoc2)CC3)c1. The van der Waals surface area contributed by atoms with Crippen LogP contribution in [-0.2, 0) is 24.4 Å². The van der Waals surface area contributed by atoms with Gasteiger partial charge in [0, 0.05) is 37.9 Å². The fourth-order valence-corrected chi connectivity index (χ4v) is 4.45. The van der Waals surface area contributed by atoms with Crippen LogP contribution in [0, 0.1) is 0 Å². The Morgan fingerprint density at radius 3 is 2.71 bits per heavy atom. The number of esters is 1. The van der Waals surface area contributed by atoms with Crippen LogP contribution in [0.5, 0.6) is 0 Å². The molecule has 1 aliphatic heterocycles. The monoisotopic (exact) mass is 470 g/mol. The Labute approximate surface area is 203 Å². The van der Waals surface area contributed by atoms with Gasteiger partial charge in [0.15, 0.2) is 0 Å². The Hall–Kier alpha value is -4.17. The van der Waals surface area contributed by atoms with E-state index in [2.05, 4.69) is 26.9 Å². The zero-order valence-electron chi connectivity index (χ0n) is 19.4. The Morgan fingerprint density at radius 2 is 1.94 bits per heavy atom. The predicted molar refractivity (Wildman–Crippen MR) is 129 cm³/mol. The first-order valence-corrected chi connectivity index (χ1v) is 11.4. The third-order valence-corrected chi connectivity index (χ3v) is 6.16. The zero-order valence-corrected chi connectivity index (χ0v) is 19.4. The number of imidazole rings is 1. The van der Waals surface area contributed by atoms with Crippen LogP contribution in [0.1, 0.15) is 49.4 Å². The lowest BCUT2D eigenvalue weighted by molar-refractivity contribution is 0.0600. The van der Waals surface area contributed by atoms with Crippen LogP contribution < -0.4 is 5.32 Å². The van der Waals surface area contributed by atoms with Gasteiger partial charge in [-0.1, -0.05) is 42.5 Å². The zero-order chi connectivity index (χ0) is 24.2. The van der Waals surface area contributed by atoms with Crippen molar-refractivity contribution in [2.45, 2.75) is 25.7 Å². The highest BCUT2D eigenvalue weighted by molar-refractivity contribution is 5.92. The number of ether oxygens (including phenoxy) is 1. The van der Waals surface area contributed by atoms with Crippen molar-refractivity contribution in [2.24, 2.45) is 0 Å². The molecule has 2 aromatic heterocycles. The van der Waals surface area contributed by atoms with Crippen molar-refractivity contribution in [1.29, 1.82) is 0 Å². The second kappa shape index (κ2) is 9.99. The lowest BCUT2D eigenvalue weighted by Gasteiger charge is -2.36. The van der Waals surface area contributed by atoms with E-state index in [1.54, 1.807) is 30.7 Å². The van der Waals surface area contributed by atoms with Crippen molar-refractivity contribution in [1.82, 2.24) is 19.8 Å². The molecular formula is C27H26N4O4. The van der Waals surface area contributed by atoms with Gasteiger partial charge in [-0.15, -0.1) is 0 Å². The molecule has 2 aromatic carbocycles. The van der Waals surface area contributed by atoms with Gasteiger partial charge >= 0.3 is 5.97 Å². The van der Waals surface area contributed by atoms with E-state index in [-0.39, 0.29) is 18.5 Å². The van der Waals surface area contributed by atoms with E-state index in [4.69, 9.17) is 14.1 Å². The van der Waals surface area contributed by atoms with Crippen LogP contribution in [0.15, 0.2) is 83.8 Å². The molecule has 0 spiro atoms. The van der Waals surface area contributed by atoms with Crippen molar-refractivity contribution in [3.63, 3.8) is 0 Å². The van der Waals surface area contributed by atoms with E-state index in [1.807, 2.05) is 36.5 Å². The highest BCUT2D eigenvalue weighted by Gasteiger charge is 2.32. The Bertz CT molecular complexity index is 1310. The van der Waals surface area contributed by atoms with Gasteiger partial charge in [0.05, 0.1) is 31.2 Å². The van der Waals surface area contributed by atoms with Gasteiger partial charge < -0.3 is 19.0 Å². The number of carbonyl (C=O) groups is 2. The Kier molecular flexibility index (Phi) is 6.45. The second-order valence-corrected chi connectivity index (χ2v) is 8.47. The molecule has 8 nitrogen and oxygen atoms in total. The van der Waals surface area contributed by atoms with E-state index in [0.717, 1.165) is 42.1 Å². The Morgan fingerprint density at radius 1 is 1.09 bits per heavy atom. The molecule has 1 unspecified atom stereocenters. The fourth-order valence-electron chi connectivity index (χ4n) is 4.45. The topological polar surface area (TPSA) is 89.6 Å². The summed E-state index contributed by atoms with van der Waals surface area (Å²) < 4.78 is 12.1. The molecule has 1 atom stereocenters. The molecule has 0 radical (unpaired) electrons. The van der Waals surface area contributed by atoms with Crippen LogP contribution in [0.25, 0.3) is 0 Å². The molecule has 1 aliphatic rings.